The number of aromatic nitrogens is 2. The van der Waals surface area contributed by atoms with Gasteiger partial charge in [0.05, 0.1) is 17.6 Å². The number of hydrogen-bond acceptors (Lipinski definition) is 4. The topological polar surface area (TPSA) is 53.4 Å². The van der Waals surface area contributed by atoms with Crippen LogP contribution >= 0.6 is 0 Å². The minimum absolute atomic E-state index is 0.0822. The monoisotopic (exact) mass is 296 g/mol. The first-order valence-corrected chi connectivity index (χ1v) is 7.09. The lowest BCUT2D eigenvalue weighted by atomic mass is 10.2. The Morgan fingerprint density at radius 1 is 1.14 bits per heavy atom. The molecule has 0 atom stereocenters. The van der Waals surface area contributed by atoms with Gasteiger partial charge in [-0.05, 0) is 43.3 Å². The van der Waals surface area contributed by atoms with Crippen molar-refractivity contribution in [1.29, 1.82) is 0 Å². The van der Waals surface area contributed by atoms with Gasteiger partial charge in [0, 0.05) is 5.69 Å². The van der Waals surface area contributed by atoms with Crippen molar-refractivity contribution in [3.63, 3.8) is 0 Å². The summed E-state index contributed by atoms with van der Waals surface area (Å²) >= 11 is 0. The largest absolute Gasteiger partial charge is 0.482 e. The minimum Gasteiger partial charge on any atom is -0.482 e. The van der Waals surface area contributed by atoms with Crippen molar-refractivity contribution in [2.75, 3.05) is 13.2 Å². The Morgan fingerprint density at radius 3 is 2.68 bits per heavy atom. The van der Waals surface area contributed by atoms with Gasteiger partial charge in [0.15, 0.2) is 6.61 Å². The number of carbonyl (C=O) groups is 1. The van der Waals surface area contributed by atoms with Gasteiger partial charge in [0.1, 0.15) is 12.1 Å². The highest BCUT2D eigenvalue weighted by Gasteiger charge is 2.05. The molecule has 0 aliphatic rings. The number of ether oxygens (including phenoxy) is 2. The summed E-state index contributed by atoms with van der Waals surface area (Å²) in [4.78, 5) is 15.6. The van der Waals surface area contributed by atoms with E-state index >= 15 is 0 Å². The van der Waals surface area contributed by atoms with Gasteiger partial charge in [0.2, 0.25) is 0 Å². The number of esters is 1. The standard InChI is InChI=1S/C17H16N2O3/c1-2-21-17(20)11-22-14-9-7-13(8-10-14)19-12-18-15-5-3-4-6-16(15)19/h3-10,12H,2,11H2,1H3. The molecule has 0 aliphatic carbocycles. The number of imidazole rings is 1. The third-order valence-corrected chi connectivity index (χ3v) is 3.23. The van der Waals surface area contributed by atoms with E-state index in [0.29, 0.717) is 12.4 Å². The third-order valence-electron chi connectivity index (χ3n) is 3.23. The Kier molecular flexibility index (Phi) is 4.05. The van der Waals surface area contributed by atoms with Crippen molar-refractivity contribution >= 4 is 17.0 Å². The number of nitrogens with zero attached hydrogens (tertiary/aromatic N) is 2. The van der Waals surface area contributed by atoms with Crippen LogP contribution in [0.25, 0.3) is 16.7 Å². The highest BCUT2D eigenvalue weighted by Crippen LogP contribution is 2.20. The first-order valence-electron chi connectivity index (χ1n) is 7.09. The summed E-state index contributed by atoms with van der Waals surface area (Å²) < 4.78 is 12.2. The SMILES string of the molecule is CCOC(=O)COc1ccc(-n2cnc3ccccc32)cc1. The maximum atomic E-state index is 11.3. The molecule has 0 spiro atoms. The quantitative estimate of drug-likeness (QED) is 0.679. The van der Waals surface area contributed by atoms with Crippen LogP contribution in [-0.2, 0) is 9.53 Å². The number of para-hydroxylation sites is 2. The highest BCUT2D eigenvalue weighted by molar-refractivity contribution is 5.77. The van der Waals surface area contributed by atoms with Crippen LogP contribution in [0.3, 0.4) is 0 Å². The molecule has 0 bridgehead atoms. The zero-order valence-corrected chi connectivity index (χ0v) is 12.2. The van der Waals surface area contributed by atoms with Crippen LogP contribution in [0, 0.1) is 0 Å². The van der Waals surface area contributed by atoms with Gasteiger partial charge in [-0.15, -0.1) is 0 Å². The number of hydrogen-bond donors (Lipinski definition) is 0. The summed E-state index contributed by atoms with van der Waals surface area (Å²) in [5.74, 6) is 0.258. The first kappa shape index (κ1) is 14.1. The number of rotatable bonds is 5. The Hall–Kier alpha value is -2.82. The van der Waals surface area contributed by atoms with E-state index in [4.69, 9.17) is 9.47 Å². The van der Waals surface area contributed by atoms with Crippen LogP contribution in [0.1, 0.15) is 6.92 Å². The summed E-state index contributed by atoms with van der Waals surface area (Å²) in [6, 6.07) is 15.4. The molecular weight excluding hydrogens is 280 g/mol. The number of benzene rings is 2. The molecule has 3 aromatic rings. The summed E-state index contributed by atoms with van der Waals surface area (Å²) in [6.07, 6.45) is 1.79. The number of carbonyl (C=O) groups excluding carboxylic acids is 1. The lowest BCUT2D eigenvalue weighted by molar-refractivity contribution is -0.145. The fourth-order valence-electron chi connectivity index (χ4n) is 2.21. The van der Waals surface area contributed by atoms with E-state index in [1.54, 1.807) is 13.3 Å². The van der Waals surface area contributed by atoms with Crippen molar-refractivity contribution in [3.8, 4) is 11.4 Å². The molecule has 0 saturated carbocycles. The molecule has 0 fully saturated rings. The molecular formula is C17H16N2O3. The van der Waals surface area contributed by atoms with Gasteiger partial charge in [-0.3, -0.25) is 4.57 Å². The van der Waals surface area contributed by atoms with E-state index in [2.05, 4.69) is 4.98 Å². The van der Waals surface area contributed by atoms with E-state index in [1.165, 1.54) is 0 Å². The molecule has 0 aliphatic heterocycles. The summed E-state index contributed by atoms with van der Waals surface area (Å²) in [7, 11) is 0. The maximum Gasteiger partial charge on any atom is 0.344 e. The van der Waals surface area contributed by atoms with Crippen LogP contribution < -0.4 is 4.74 Å². The number of fused-ring (bicyclic) bond motifs is 1. The predicted octanol–water partition coefficient (Wildman–Crippen LogP) is 2.97. The van der Waals surface area contributed by atoms with Crippen molar-refractivity contribution in [2.45, 2.75) is 6.92 Å². The molecule has 5 nitrogen and oxygen atoms in total. The van der Waals surface area contributed by atoms with Gasteiger partial charge in [0.25, 0.3) is 0 Å². The highest BCUT2D eigenvalue weighted by atomic mass is 16.6. The van der Waals surface area contributed by atoms with E-state index in [0.717, 1.165) is 16.7 Å². The minimum atomic E-state index is -0.368. The average Bonchev–Trinajstić information content (AvgIpc) is 2.98. The summed E-state index contributed by atoms with van der Waals surface area (Å²) in [6.45, 7) is 2.04. The zero-order valence-electron chi connectivity index (χ0n) is 12.2. The lowest BCUT2D eigenvalue weighted by Gasteiger charge is -2.08. The Balaban J connectivity index is 1.75. The van der Waals surface area contributed by atoms with Crippen LogP contribution in [0.2, 0.25) is 0 Å². The third kappa shape index (κ3) is 2.93. The molecule has 22 heavy (non-hydrogen) atoms. The van der Waals surface area contributed by atoms with E-state index in [1.807, 2.05) is 53.1 Å². The fraction of sp³-hybridized carbons (Fsp3) is 0.176. The predicted molar refractivity (Wildman–Crippen MR) is 83.2 cm³/mol. The Morgan fingerprint density at radius 2 is 1.91 bits per heavy atom. The molecule has 0 saturated heterocycles. The molecule has 0 radical (unpaired) electrons. The molecule has 0 N–H and O–H groups in total. The molecule has 1 heterocycles. The van der Waals surface area contributed by atoms with Crippen LogP contribution in [0.4, 0.5) is 0 Å². The van der Waals surface area contributed by atoms with Gasteiger partial charge >= 0.3 is 5.97 Å². The average molecular weight is 296 g/mol. The normalized spacial score (nSPS) is 10.6. The van der Waals surface area contributed by atoms with Crippen LogP contribution in [-0.4, -0.2) is 28.7 Å². The van der Waals surface area contributed by atoms with Gasteiger partial charge in [-0.1, -0.05) is 12.1 Å². The van der Waals surface area contributed by atoms with Crippen molar-refractivity contribution < 1.29 is 14.3 Å². The van der Waals surface area contributed by atoms with Crippen molar-refractivity contribution in [3.05, 3.63) is 54.9 Å². The Labute approximate surface area is 128 Å². The fourth-order valence-corrected chi connectivity index (χ4v) is 2.21. The van der Waals surface area contributed by atoms with E-state index in [-0.39, 0.29) is 12.6 Å². The van der Waals surface area contributed by atoms with Crippen LogP contribution in [0.5, 0.6) is 5.75 Å². The molecule has 2 aromatic carbocycles. The molecule has 0 unspecified atom stereocenters. The van der Waals surface area contributed by atoms with E-state index in [9.17, 15) is 4.79 Å². The summed E-state index contributed by atoms with van der Waals surface area (Å²) in [5, 5.41) is 0. The van der Waals surface area contributed by atoms with Crippen molar-refractivity contribution in [1.82, 2.24) is 9.55 Å². The second-order valence-electron chi connectivity index (χ2n) is 4.69. The van der Waals surface area contributed by atoms with Gasteiger partial charge in [-0.25, -0.2) is 9.78 Å². The molecule has 112 valence electrons. The zero-order chi connectivity index (χ0) is 15.4. The molecule has 5 heteroatoms. The lowest BCUT2D eigenvalue weighted by Crippen LogP contribution is -2.14. The van der Waals surface area contributed by atoms with Gasteiger partial charge < -0.3 is 9.47 Å². The molecule has 1 aromatic heterocycles. The van der Waals surface area contributed by atoms with E-state index < -0.39 is 0 Å². The second kappa shape index (κ2) is 6.30. The summed E-state index contributed by atoms with van der Waals surface area (Å²) in [5.41, 5.74) is 2.98. The molecule has 3 rings (SSSR count). The smallest absolute Gasteiger partial charge is 0.344 e. The maximum absolute atomic E-state index is 11.3. The van der Waals surface area contributed by atoms with Gasteiger partial charge in [-0.2, -0.15) is 0 Å². The van der Waals surface area contributed by atoms with Crippen molar-refractivity contribution in [2.24, 2.45) is 0 Å². The Bertz CT molecular complexity index is 778. The van der Waals surface area contributed by atoms with Crippen LogP contribution in [0.15, 0.2) is 54.9 Å². The first-order chi connectivity index (χ1) is 10.8. The second-order valence-corrected chi connectivity index (χ2v) is 4.69. The molecule has 0 amide bonds.